The van der Waals surface area contributed by atoms with Crippen LogP contribution < -0.4 is 0 Å². The third-order valence-electron chi connectivity index (χ3n) is 5.64. The molecule has 0 spiro atoms. The van der Waals surface area contributed by atoms with Gasteiger partial charge in [0.05, 0.1) is 0 Å². The van der Waals surface area contributed by atoms with Crippen molar-refractivity contribution in [1.29, 1.82) is 0 Å². The van der Waals surface area contributed by atoms with Crippen LogP contribution in [0, 0.1) is 48.3 Å². The van der Waals surface area contributed by atoms with Crippen LogP contribution in [0.25, 0.3) is 0 Å². The Bertz CT molecular complexity index is 410. The molecule has 0 radical (unpaired) electrons. The van der Waals surface area contributed by atoms with Crippen LogP contribution in [0.5, 0.6) is 0 Å². The van der Waals surface area contributed by atoms with E-state index in [4.69, 9.17) is 17.0 Å². The van der Waals surface area contributed by atoms with E-state index in [2.05, 4.69) is 61.4 Å². The van der Waals surface area contributed by atoms with Crippen LogP contribution in [0.4, 0.5) is 0 Å². The normalized spacial score (nSPS) is 39.4. The molecule has 0 aromatic carbocycles. The summed E-state index contributed by atoms with van der Waals surface area (Å²) < 4.78 is 0. The van der Waals surface area contributed by atoms with Crippen LogP contribution in [-0.2, 0) is 20.8 Å². The first-order chi connectivity index (χ1) is 11.3. The van der Waals surface area contributed by atoms with Gasteiger partial charge in [-0.3, -0.25) is 0 Å². The molecule has 0 heterocycles. The molecule has 23 heavy (non-hydrogen) atoms. The molecule has 0 amide bonds. The Balaban J connectivity index is 0.000000485. The second-order valence-corrected chi connectivity index (χ2v) is 10.8. The fourth-order valence-electron chi connectivity index (χ4n) is 4.57. The van der Waals surface area contributed by atoms with Gasteiger partial charge >= 0.3 is 37.9 Å². The Morgan fingerprint density at radius 1 is 0.739 bits per heavy atom. The fraction of sp³-hybridized carbons (Fsp3) is 0.500. The average Bonchev–Trinajstić information content (AvgIpc) is 3.16. The summed E-state index contributed by atoms with van der Waals surface area (Å²) in [6, 6.07) is 0. The van der Waals surface area contributed by atoms with E-state index >= 15 is 0 Å². The van der Waals surface area contributed by atoms with Gasteiger partial charge in [0.2, 0.25) is 0 Å². The van der Waals surface area contributed by atoms with Crippen LogP contribution in [-0.4, -0.2) is 0 Å². The molecule has 2 fully saturated rings. The summed E-state index contributed by atoms with van der Waals surface area (Å²) in [7, 11) is 9.87. The Labute approximate surface area is 159 Å². The van der Waals surface area contributed by atoms with Crippen molar-refractivity contribution in [2.75, 3.05) is 0 Å². The van der Waals surface area contributed by atoms with Gasteiger partial charge in [0.15, 0.2) is 0 Å². The summed E-state index contributed by atoms with van der Waals surface area (Å²) in [6.45, 7) is 0. The number of allylic oxidation sites excluding steroid dienone is 8. The molecule has 122 valence electrons. The Morgan fingerprint density at radius 3 is 1.52 bits per heavy atom. The molecule has 4 aliphatic rings. The summed E-state index contributed by atoms with van der Waals surface area (Å²) in [5, 5.41) is 0. The monoisotopic (exact) mass is 424 g/mol. The van der Waals surface area contributed by atoms with E-state index in [1.54, 1.807) is 0 Å². The zero-order valence-electron chi connectivity index (χ0n) is 13.3. The van der Waals surface area contributed by atoms with Crippen LogP contribution in [0.2, 0.25) is 0 Å². The molecule has 6 unspecified atom stereocenters. The molecule has 2 saturated carbocycles. The van der Waals surface area contributed by atoms with E-state index in [-0.39, 0.29) is 0 Å². The van der Waals surface area contributed by atoms with Gasteiger partial charge in [-0.2, -0.15) is 11.8 Å². The number of hydrogen-bond donors (Lipinski definition) is 0. The molecule has 3 heteroatoms. The van der Waals surface area contributed by atoms with Gasteiger partial charge in [-0.15, -0.1) is 24.0 Å². The predicted molar refractivity (Wildman–Crippen MR) is 96.3 cm³/mol. The standard InChI is InChI=1S/C20H24.2ClH.Zr/c1-2-6-18-12-15(11-17(18)5-1)9-10-16-13-19-7-3-4-8-20(19)14-16;;;/h1-8,11,13,15-20H,9-10,12,14H2;2*1H;/q-2;;;+4/p-2. The molecular weight excluding hydrogens is 402 g/mol. The second-order valence-electron chi connectivity index (χ2n) is 7.05. The maximum atomic E-state index is 4.93. The average molecular weight is 427 g/mol. The minimum atomic E-state index is -0.826. The maximum absolute atomic E-state index is 4.93. The van der Waals surface area contributed by atoms with Crippen molar-refractivity contribution in [2.45, 2.75) is 25.7 Å². The van der Waals surface area contributed by atoms with E-state index in [9.17, 15) is 0 Å². The van der Waals surface area contributed by atoms with E-state index in [0.29, 0.717) is 0 Å². The number of halogens is 2. The second kappa shape index (κ2) is 9.21. The van der Waals surface area contributed by atoms with Crippen molar-refractivity contribution in [3.05, 3.63) is 61.4 Å². The van der Waals surface area contributed by atoms with Crippen molar-refractivity contribution in [1.82, 2.24) is 0 Å². The first-order valence-electron chi connectivity index (χ1n) is 8.66. The van der Waals surface area contributed by atoms with Gasteiger partial charge in [-0.05, 0) is 11.8 Å². The van der Waals surface area contributed by atoms with Crippen LogP contribution >= 0.6 is 17.0 Å². The molecule has 0 aliphatic heterocycles. The molecule has 0 saturated heterocycles. The molecule has 0 aromatic heterocycles. The Hall–Kier alpha value is 0.423. The fourth-order valence-corrected chi connectivity index (χ4v) is 4.57. The number of hydrogen-bond acceptors (Lipinski definition) is 0. The number of rotatable bonds is 3. The van der Waals surface area contributed by atoms with E-state index in [1.165, 1.54) is 25.7 Å². The molecule has 6 atom stereocenters. The molecule has 0 N–H and O–H groups in total. The van der Waals surface area contributed by atoms with Crippen LogP contribution in [0.15, 0.2) is 48.6 Å². The van der Waals surface area contributed by atoms with Crippen molar-refractivity contribution >= 4 is 17.0 Å². The van der Waals surface area contributed by atoms with E-state index in [1.807, 2.05) is 0 Å². The van der Waals surface area contributed by atoms with Crippen molar-refractivity contribution in [3.8, 4) is 0 Å². The van der Waals surface area contributed by atoms with Gasteiger partial charge < -0.3 is 12.8 Å². The molecular formula is C20H24Cl2Zr. The van der Waals surface area contributed by atoms with Crippen molar-refractivity contribution in [3.63, 3.8) is 0 Å². The zero-order valence-corrected chi connectivity index (χ0v) is 17.3. The summed E-state index contributed by atoms with van der Waals surface area (Å²) >= 11 is -0.826. The van der Waals surface area contributed by atoms with Crippen molar-refractivity contribution < 1.29 is 20.8 Å². The Morgan fingerprint density at radius 2 is 1.13 bits per heavy atom. The zero-order chi connectivity index (χ0) is 16.1. The van der Waals surface area contributed by atoms with Gasteiger partial charge in [0.1, 0.15) is 0 Å². The first kappa shape index (κ1) is 18.2. The first-order valence-corrected chi connectivity index (χ1v) is 15.0. The van der Waals surface area contributed by atoms with E-state index < -0.39 is 20.8 Å². The topological polar surface area (TPSA) is 0 Å². The predicted octanol–water partition coefficient (Wildman–Crippen LogP) is 6.31. The summed E-state index contributed by atoms with van der Waals surface area (Å²) in [5.74, 6) is 4.74. The summed E-state index contributed by atoms with van der Waals surface area (Å²) in [6.07, 6.45) is 29.3. The van der Waals surface area contributed by atoms with Crippen molar-refractivity contribution in [2.24, 2.45) is 35.5 Å². The van der Waals surface area contributed by atoms with Crippen LogP contribution in [0.1, 0.15) is 25.7 Å². The quantitative estimate of drug-likeness (QED) is 0.464. The summed E-state index contributed by atoms with van der Waals surface area (Å²) in [5.41, 5.74) is 0. The third-order valence-corrected chi connectivity index (χ3v) is 5.64. The van der Waals surface area contributed by atoms with Gasteiger partial charge in [-0.25, -0.2) is 0 Å². The van der Waals surface area contributed by atoms with Gasteiger partial charge in [0.25, 0.3) is 0 Å². The summed E-state index contributed by atoms with van der Waals surface area (Å²) in [4.78, 5) is 0. The van der Waals surface area contributed by atoms with Crippen LogP contribution in [0.3, 0.4) is 0 Å². The SMILES string of the molecule is C1=CC2[CH-]C(CCC3[CH-]C4C=CC=CC4C3)CC2C=C1.[Cl][Zr+2][Cl]. The van der Waals surface area contributed by atoms with E-state index in [0.717, 1.165) is 35.5 Å². The molecule has 0 aromatic rings. The molecule has 0 nitrogen and oxygen atoms in total. The minimum absolute atomic E-state index is 0.728. The van der Waals surface area contributed by atoms with Gasteiger partial charge in [-0.1, -0.05) is 62.1 Å². The molecule has 0 bridgehead atoms. The molecule has 4 rings (SSSR count). The number of fused-ring (bicyclic) bond motifs is 2. The Kier molecular flexibility index (Phi) is 7.30. The van der Waals surface area contributed by atoms with Gasteiger partial charge in [0, 0.05) is 0 Å². The molecule has 4 aliphatic carbocycles. The third kappa shape index (κ3) is 4.96.